The van der Waals surface area contributed by atoms with Crippen molar-refractivity contribution < 1.29 is 17.9 Å². The minimum atomic E-state index is -4.43. The van der Waals surface area contributed by atoms with Crippen LogP contribution in [0.25, 0.3) is 0 Å². The second kappa shape index (κ2) is 7.48. The fourth-order valence-electron chi connectivity index (χ4n) is 3.32. The number of nitrogens with zero attached hydrogens (tertiary/aromatic N) is 1. The van der Waals surface area contributed by atoms with Crippen molar-refractivity contribution >= 4 is 0 Å². The summed E-state index contributed by atoms with van der Waals surface area (Å²) in [5, 5.41) is 0. The third kappa shape index (κ3) is 4.54. The topological polar surface area (TPSA) is 12.5 Å². The van der Waals surface area contributed by atoms with Crippen molar-refractivity contribution in [2.75, 3.05) is 13.6 Å². The number of rotatable bonds is 5. The second-order valence-electron chi connectivity index (χ2n) is 6.56. The van der Waals surface area contributed by atoms with Crippen molar-refractivity contribution in [1.29, 1.82) is 0 Å². The molecule has 0 amide bonds. The smallest absolute Gasteiger partial charge is 0.419 e. The lowest BCUT2D eigenvalue weighted by Crippen LogP contribution is -2.25. The Morgan fingerprint density at radius 3 is 2.44 bits per heavy atom. The molecule has 1 aliphatic rings. The summed E-state index contributed by atoms with van der Waals surface area (Å²) < 4.78 is 44.5. The maximum atomic E-state index is 13.0. The summed E-state index contributed by atoms with van der Waals surface area (Å²) >= 11 is 0. The maximum Gasteiger partial charge on any atom is 0.419 e. The van der Waals surface area contributed by atoms with Gasteiger partial charge in [0.1, 0.15) is 11.5 Å². The van der Waals surface area contributed by atoms with E-state index in [1.54, 1.807) is 12.1 Å². The number of aryl methyl sites for hydroxylation is 1. The molecule has 5 heteroatoms. The minimum Gasteiger partial charge on any atom is -0.457 e. The zero-order chi connectivity index (χ0) is 17.9. The summed E-state index contributed by atoms with van der Waals surface area (Å²) in [6.45, 7) is 1.16. The highest BCUT2D eigenvalue weighted by Crippen LogP contribution is 2.37. The number of alkyl halides is 3. The number of hydrogen-bond acceptors (Lipinski definition) is 2. The van der Waals surface area contributed by atoms with Gasteiger partial charge >= 0.3 is 6.18 Å². The number of ether oxygens (including phenoxy) is 1. The highest BCUT2D eigenvalue weighted by atomic mass is 19.4. The van der Waals surface area contributed by atoms with Crippen LogP contribution in [-0.2, 0) is 12.6 Å². The van der Waals surface area contributed by atoms with Gasteiger partial charge in [0.05, 0.1) is 5.56 Å². The maximum absolute atomic E-state index is 13.0. The van der Waals surface area contributed by atoms with Gasteiger partial charge in [0, 0.05) is 6.04 Å². The van der Waals surface area contributed by atoms with E-state index >= 15 is 0 Å². The normalized spacial score (nSPS) is 18.5. The van der Waals surface area contributed by atoms with Gasteiger partial charge in [0.25, 0.3) is 0 Å². The van der Waals surface area contributed by atoms with Gasteiger partial charge in [-0.25, -0.2) is 0 Å². The van der Waals surface area contributed by atoms with Crippen LogP contribution in [0.15, 0.2) is 48.5 Å². The number of para-hydroxylation sites is 1. The summed E-state index contributed by atoms with van der Waals surface area (Å²) in [7, 11) is 2.16. The molecule has 0 radical (unpaired) electrons. The van der Waals surface area contributed by atoms with E-state index in [9.17, 15) is 13.2 Å². The van der Waals surface area contributed by atoms with E-state index in [0.29, 0.717) is 11.8 Å². The average molecular weight is 349 g/mol. The molecule has 2 nitrogen and oxygen atoms in total. The first kappa shape index (κ1) is 17.8. The Labute approximate surface area is 146 Å². The zero-order valence-electron chi connectivity index (χ0n) is 14.2. The van der Waals surface area contributed by atoms with Crippen molar-refractivity contribution in [3.63, 3.8) is 0 Å². The first-order valence-electron chi connectivity index (χ1n) is 8.57. The van der Waals surface area contributed by atoms with Gasteiger partial charge in [-0.1, -0.05) is 24.3 Å². The second-order valence-corrected chi connectivity index (χ2v) is 6.56. The van der Waals surface area contributed by atoms with Crippen LogP contribution in [0.2, 0.25) is 0 Å². The summed E-state index contributed by atoms with van der Waals surface area (Å²) in [6.07, 6.45) is 0.143. The third-order valence-electron chi connectivity index (χ3n) is 4.78. The average Bonchev–Trinajstić information content (AvgIpc) is 2.99. The van der Waals surface area contributed by atoms with E-state index in [1.165, 1.54) is 36.6 Å². The Bertz CT molecular complexity index is 697. The highest BCUT2D eigenvalue weighted by molar-refractivity contribution is 5.40. The Morgan fingerprint density at radius 2 is 1.80 bits per heavy atom. The first-order chi connectivity index (χ1) is 11.9. The van der Waals surface area contributed by atoms with E-state index in [0.717, 1.165) is 25.5 Å². The van der Waals surface area contributed by atoms with Crippen LogP contribution in [0.5, 0.6) is 11.5 Å². The van der Waals surface area contributed by atoms with Gasteiger partial charge < -0.3 is 9.64 Å². The molecule has 1 heterocycles. The Morgan fingerprint density at radius 1 is 1.08 bits per heavy atom. The summed E-state index contributed by atoms with van der Waals surface area (Å²) in [4.78, 5) is 2.39. The molecule has 0 aromatic heterocycles. The van der Waals surface area contributed by atoms with Crippen molar-refractivity contribution in [3.8, 4) is 11.5 Å². The van der Waals surface area contributed by atoms with Crippen LogP contribution < -0.4 is 4.74 Å². The van der Waals surface area contributed by atoms with Gasteiger partial charge in [-0.15, -0.1) is 0 Å². The summed E-state index contributed by atoms with van der Waals surface area (Å²) in [6, 6.07) is 13.2. The van der Waals surface area contributed by atoms with Crippen LogP contribution in [0.4, 0.5) is 13.2 Å². The Hall–Kier alpha value is -2.01. The first-order valence-corrected chi connectivity index (χ1v) is 8.57. The quantitative estimate of drug-likeness (QED) is 0.704. The number of halogens is 3. The molecule has 1 aliphatic heterocycles. The molecule has 2 aromatic rings. The van der Waals surface area contributed by atoms with E-state index in [2.05, 4.69) is 11.9 Å². The van der Waals surface area contributed by atoms with Crippen LogP contribution >= 0.6 is 0 Å². The predicted molar refractivity (Wildman–Crippen MR) is 91.9 cm³/mol. The van der Waals surface area contributed by atoms with E-state index in [1.807, 2.05) is 12.1 Å². The molecule has 1 saturated heterocycles. The van der Waals surface area contributed by atoms with E-state index in [4.69, 9.17) is 4.74 Å². The fourth-order valence-corrected chi connectivity index (χ4v) is 3.32. The standard InChI is InChI=1S/C20H22F3NO/c1-24-14-4-5-16(24)11-8-15-9-12-17(13-10-15)25-19-7-3-2-6-18(19)20(21,22)23/h2-3,6-7,9-10,12-13,16H,4-5,8,11,14H2,1H3. The van der Waals surface area contributed by atoms with Crippen molar-refractivity contribution in [2.45, 2.75) is 37.9 Å². The van der Waals surface area contributed by atoms with E-state index < -0.39 is 11.7 Å². The molecule has 0 spiro atoms. The molecule has 134 valence electrons. The predicted octanol–water partition coefficient (Wildman–Crippen LogP) is 5.52. The zero-order valence-corrected chi connectivity index (χ0v) is 14.2. The lowest BCUT2D eigenvalue weighted by molar-refractivity contribution is -0.138. The Balaban J connectivity index is 1.63. The highest BCUT2D eigenvalue weighted by Gasteiger charge is 2.34. The van der Waals surface area contributed by atoms with Gasteiger partial charge in [0.2, 0.25) is 0 Å². The van der Waals surface area contributed by atoms with Gasteiger partial charge in [0.15, 0.2) is 0 Å². The molecule has 1 fully saturated rings. The van der Waals surface area contributed by atoms with Gasteiger partial charge in [-0.05, 0) is 69.1 Å². The number of likely N-dealkylation sites (tertiary alicyclic amines) is 1. The fraction of sp³-hybridized carbons (Fsp3) is 0.400. The van der Waals surface area contributed by atoms with Gasteiger partial charge in [-0.3, -0.25) is 0 Å². The van der Waals surface area contributed by atoms with Crippen LogP contribution in [0.3, 0.4) is 0 Å². The molecule has 25 heavy (non-hydrogen) atoms. The molecule has 1 unspecified atom stereocenters. The molecule has 3 rings (SSSR count). The van der Waals surface area contributed by atoms with Crippen LogP contribution in [0.1, 0.15) is 30.4 Å². The number of benzene rings is 2. The lowest BCUT2D eigenvalue weighted by atomic mass is 10.0. The summed E-state index contributed by atoms with van der Waals surface area (Å²) in [5.74, 6) is 0.244. The molecular formula is C20H22F3NO. The molecule has 0 aliphatic carbocycles. The van der Waals surface area contributed by atoms with Crippen molar-refractivity contribution in [3.05, 3.63) is 59.7 Å². The van der Waals surface area contributed by atoms with Crippen molar-refractivity contribution in [2.24, 2.45) is 0 Å². The molecule has 0 bridgehead atoms. The SMILES string of the molecule is CN1CCCC1CCc1ccc(Oc2ccccc2C(F)(F)F)cc1. The molecule has 1 atom stereocenters. The molecule has 0 saturated carbocycles. The van der Waals surface area contributed by atoms with Crippen LogP contribution in [0, 0.1) is 0 Å². The molecule has 0 N–H and O–H groups in total. The number of hydrogen-bond donors (Lipinski definition) is 0. The van der Waals surface area contributed by atoms with E-state index in [-0.39, 0.29) is 5.75 Å². The van der Waals surface area contributed by atoms with Crippen molar-refractivity contribution in [1.82, 2.24) is 4.90 Å². The van der Waals surface area contributed by atoms with Crippen LogP contribution in [-0.4, -0.2) is 24.5 Å². The summed E-state index contributed by atoms with van der Waals surface area (Å²) in [5.41, 5.74) is 0.417. The minimum absolute atomic E-state index is 0.171. The monoisotopic (exact) mass is 349 g/mol. The largest absolute Gasteiger partial charge is 0.457 e. The molecular weight excluding hydrogens is 327 g/mol. The third-order valence-corrected chi connectivity index (χ3v) is 4.78. The lowest BCUT2D eigenvalue weighted by Gasteiger charge is -2.19. The van der Waals surface area contributed by atoms with Gasteiger partial charge in [-0.2, -0.15) is 13.2 Å². The Kier molecular flexibility index (Phi) is 5.33. The molecule has 2 aromatic carbocycles.